The lowest BCUT2D eigenvalue weighted by Crippen LogP contribution is -2.35. The molecule has 3 nitrogen and oxygen atoms in total. The number of amides is 1. The lowest BCUT2D eigenvalue weighted by Gasteiger charge is -2.17. The van der Waals surface area contributed by atoms with Gasteiger partial charge in [-0.2, -0.15) is 0 Å². The smallest absolute Gasteiger partial charge is 0.218 e. The van der Waals surface area contributed by atoms with Crippen molar-refractivity contribution in [1.29, 1.82) is 0 Å². The maximum absolute atomic E-state index is 11.1. The highest BCUT2D eigenvalue weighted by atomic mass is 16.1. The SMILES string of the molecule is CCCCc1ccc(C[C@@H](CC(N)=O)NCCC)cc1. The van der Waals surface area contributed by atoms with Crippen LogP contribution in [0.25, 0.3) is 0 Å². The number of nitrogens with one attached hydrogen (secondary N) is 1. The maximum atomic E-state index is 11.1. The molecule has 0 heterocycles. The van der Waals surface area contributed by atoms with Crippen molar-refractivity contribution >= 4 is 5.91 Å². The van der Waals surface area contributed by atoms with Crippen LogP contribution in [-0.2, 0) is 17.6 Å². The number of benzene rings is 1. The molecule has 20 heavy (non-hydrogen) atoms. The van der Waals surface area contributed by atoms with Crippen molar-refractivity contribution in [2.45, 2.75) is 58.4 Å². The number of rotatable bonds is 10. The Bertz CT molecular complexity index is 386. The van der Waals surface area contributed by atoms with Crippen LogP contribution in [0.5, 0.6) is 0 Å². The van der Waals surface area contributed by atoms with Crippen molar-refractivity contribution in [1.82, 2.24) is 5.32 Å². The summed E-state index contributed by atoms with van der Waals surface area (Å²) < 4.78 is 0. The first-order valence-corrected chi connectivity index (χ1v) is 7.75. The molecule has 112 valence electrons. The number of carbonyl (C=O) groups is 1. The molecule has 1 rings (SSSR count). The molecule has 1 aromatic carbocycles. The fourth-order valence-corrected chi connectivity index (χ4v) is 2.32. The number of hydrogen-bond donors (Lipinski definition) is 2. The van der Waals surface area contributed by atoms with Gasteiger partial charge in [0, 0.05) is 12.5 Å². The van der Waals surface area contributed by atoms with Gasteiger partial charge < -0.3 is 11.1 Å². The summed E-state index contributed by atoms with van der Waals surface area (Å²) in [6.07, 6.45) is 5.93. The zero-order valence-electron chi connectivity index (χ0n) is 12.8. The van der Waals surface area contributed by atoms with Crippen LogP contribution in [0, 0.1) is 0 Å². The molecule has 0 saturated heterocycles. The molecule has 3 N–H and O–H groups in total. The van der Waals surface area contributed by atoms with Gasteiger partial charge in [0.25, 0.3) is 0 Å². The standard InChI is InChI=1S/C17H28N2O/c1-3-5-6-14-7-9-15(10-8-14)12-16(13-17(18)20)19-11-4-2/h7-10,16,19H,3-6,11-13H2,1-2H3,(H2,18,20)/t16-/m0/s1. The van der Waals surface area contributed by atoms with Crippen molar-refractivity contribution in [2.24, 2.45) is 5.73 Å². The lowest BCUT2D eigenvalue weighted by atomic mass is 10.00. The van der Waals surface area contributed by atoms with Crippen LogP contribution in [0.2, 0.25) is 0 Å². The van der Waals surface area contributed by atoms with Crippen molar-refractivity contribution in [3.8, 4) is 0 Å². The minimum absolute atomic E-state index is 0.147. The second-order valence-corrected chi connectivity index (χ2v) is 5.45. The molecule has 0 spiro atoms. The molecule has 0 unspecified atom stereocenters. The second-order valence-electron chi connectivity index (χ2n) is 5.45. The molecule has 0 saturated carbocycles. The highest BCUT2D eigenvalue weighted by Crippen LogP contribution is 2.11. The predicted molar refractivity (Wildman–Crippen MR) is 84.7 cm³/mol. The van der Waals surface area contributed by atoms with Gasteiger partial charge in [0.05, 0.1) is 0 Å². The van der Waals surface area contributed by atoms with E-state index in [0.717, 1.165) is 25.8 Å². The van der Waals surface area contributed by atoms with Gasteiger partial charge in [-0.1, -0.05) is 44.5 Å². The number of carbonyl (C=O) groups excluding carboxylic acids is 1. The average molecular weight is 276 g/mol. The number of unbranched alkanes of at least 4 members (excludes halogenated alkanes) is 1. The minimum atomic E-state index is -0.238. The molecular weight excluding hydrogens is 248 g/mol. The normalized spacial score (nSPS) is 12.3. The van der Waals surface area contributed by atoms with Gasteiger partial charge >= 0.3 is 0 Å². The predicted octanol–water partition coefficient (Wildman–Crippen LogP) is 2.82. The summed E-state index contributed by atoms with van der Waals surface area (Å²) >= 11 is 0. The molecule has 0 bridgehead atoms. The molecule has 1 atom stereocenters. The van der Waals surface area contributed by atoms with Gasteiger partial charge in [-0.3, -0.25) is 4.79 Å². The van der Waals surface area contributed by atoms with Crippen LogP contribution in [0.15, 0.2) is 24.3 Å². The second kappa shape index (κ2) is 9.54. The van der Waals surface area contributed by atoms with Gasteiger partial charge in [-0.15, -0.1) is 0 Å². The Labute approximate surface area is 122 Å². The molecule has 0 radical (unpaired) electrons. The van der Waals surface area contributed by atoms with Gasteiger partial charge in [0.1, 0.15) is 0 Å². The van der Waals surface area contributed by atoms with Gasteiger partial charge in [0.2, 0.25) is 5.91 Å². The third kappa shape index (κ3) is 6.71. The van der Waals surface area contributed by atoms with Crippen LogP contribution in [0.3, 0.4) is 0 Å². The van der Waals surface area contributed by atoms with E-state index < -0.39 is 0 Å². The summed E-state index contributed by atoms with van der Waals surface area (Å²) in [6.45, 7) is 5.26. The van der Waals surface area contributed by atoms with Gasteiger partial charge in [0.15, 0.2) is 0 Å². The third-order valence-electron chi connectivity index (χ3n) is 3.45. The summed E-state index contributed by atoms with van der Waals surface area (Å²) in [5.74, 6) is -0.238. The quantitative estimate of drug-likeness (QED) is 0.690. The van der Waals surface area contributed by atoms with Crippen LogP contribution in [-0.4, -0.2) is 18.5 Å². The van der Waals surface area contributed by atoms with E-state index in [1.165, 1.54) is 24.0 Å². The van der Waals surface area contributed by atoms with E-state index in [2.05, 4.69) is 43.4 Å². The zero-order chi connectivity index (χ0) is 14.8. The molecule has 3 heteroatoms. The number of nitrogens with two attached hydrogens (primary N) is 1. The Morgan fingerprint density at radius 3 is 2.35 bits per heavy atom. The first-order valence-electron chi connectivity index (χ1n) is 7.75. The molecule has 0 aromatic heterocycles. The van der Waals surface area contributed by atoms with Crippen LogP contribution in [0.1, 0.15) is 50.7 Å². The fraction of sp³-hybridized carbons (Fsp3) is 0.588. The van der Waals surface area contributed by atoms with E-state index in [1.54, 1.807) is 0 Å². The van der Waals surface area contributed by atoms with Crippen molar-refractivity contribution < 1.29 is 4.79 Å². The molecule has 1 aromatic rings. The first kappa shape index (κ1) is 16.7. The highest BCUT2D eigenvalue weighted by molar-refractivity contribution is 5.74. The van der Waals surface area contributed by atoms with Gasteiger partial charge in [-0.05, 0) is 43.4 Å². The lowest BCUT2D eigenvalue weighted by molar-refractivity contribution is -0.118. The van der Waals surface area contributed by atoms with Crippen LogP contribution in [0.4, 0.5) is 0 Å². The molecule has 0 aliphatic heterocycles. The molecule has 1 amide bonds. The monoisotopic (exact) mass is 276 g/mol. The van der Waals surface area contributed by atoms with E-state index in [-0.39, 0.29) is 11.9 Å². The molecule has 0 fully saturated rings. The maximum Gasteiger partial charge on any atom is 0.218 e. The fourth-order valence-electron chi connectivity index (χ4n) is 2.32. The number of aryl methyl sites for hydroxylation is 1. The zero-order valence-corrected chi connectivity index (χ0v) is 12.8. The Kier molecular flexibility index (Phi) is 7.97. The highest BCUT2D eigenvalue weighted by Gasteiger charge is 2.11. The third-order valence-corrected chi connectivity index (χ3v) is 3.45. The number of hydrogen-bond acceptors (Lipinski definition) is 2. The summed E-state index contributed by atoms with van der Waals surface area (Å²) in [4.78, 5) is 11.1. The topological polar surface area (TPSA) is 55.1 Å². The van der Waals surface area contributed by atoms with E-state index in [4.69, 9.17) is 5.73 Å². The van der Waals surface area contributed by atoms with E-state index >= 15 is 0 Å². The minimum Gasteiger partial charge on any atom is -0.370 e. The molecule has 0 aliphatic carbocycles. The van der Waals surface area contributed by atoms with Gasteiger partial charge in [-0.25, -0.2) is 0 Å². The largest absolute Gasteiger partial charge is 0.370 e. The molecule has 0 aliphatic rings. The summed E-state index contributed by atoms with van der Waals surface area (Å²) in [6, 6.07) is 8.89. The Hall–Kier alpha value is -1.35. The Balaban J connectivity index is 2.55. The Morgan fingerprint density at radius 2 is 1.80 bits per heavy atom. The van der Waals surface area contributed by atoms with Crippen LogP contribution >= 0.6 is 0 Å². The first-order chi connectivity index (χ1) is 9.65. The van der Waals surface area contributed by atoms with E-state index in [0.29, 0.717) is 6.42 Å². The molecular formula is C17H28N2O. The van der Waals surface area contributed by atoms with E-state index in [1.807, 2.05) is 0 Å². The Morgan fingerprint density at radius 1 is 1.15 bits per heavy atom. The summed E-state index contributed by atoms with van der Waals surface area (Å²) in [5, 5.41) is 3.40. The van der Waals surface area contributed by atoms with E-state index in [9.17, 15) is 4.79 Å². The van der Waals surface area contributed by atoms with Crippen LogP contribution < -0.4 is 11.1 Å². The van der Waals surface area contributed by atoms with Crippen molar-refractivity contribution in [2.75, 3.05) is 6.54 Å². The summed E-state index contributed by atoms with van der Waals surface area (Å²) in [7, 11) is 0. The van der Waals surface area contributed by atoms with Crippen molar-refractivity contribution in [3.63, 3.8) is 0 Å². The number of primary amides is 1. The average Bonchev–Trinajstić information content (AvgIpc) is 2.43. The van der Waals surface area contributed by atoms with Crippen molar-refractivity contribution in [3.05, 3.63) is 35.4 Å². The summed E-state index contributed by atoms with van der Waals surface area (Å²) in [5.41, 5.74) is 7.97.